The smallest absolute Gasteiger partial charge is 0.224 e. The molecule has 0 aliphatic carbocycles. The standard InChI is InChI=1S/C11H19ClN4O/c1-3-13-11-14-7-9(12)10(16-11)15-8(2)5-4-6-17/h7-8,17H,3-6H2,1-2H3,(H2,13,14,15,16). The van der Waals surface area contributed by atoms with Crippen molar-refractivity contribution in [2.45, 2.75) is 32.7 Å². The van der Waals surface area contributed by atoms with Crippen LogP contribution in [-0.2, 0) is 0 Å². The molecule has 0 radical (unpaired) electrons. The summed E-state index contributed by atoms with van der Waals surface area (Å²) < 4.78 is 0. The summed E-state index contributed by atoms with van der Waals surface area (Å²) in [6.45, 7) is 4.98. The highest BCUT2D eigenvalue weighted by Gasteiger charge is 2.08. The zero-order chi connectivity index (χ0) is 12.7. The molecular formula is C11H19ClN4O. The third-order valence-electron chi connectivity index (χ3n) is 2.26. The molecule has 0 aliphatic rings. The van der Waals surface area contributed by atoms with Gasteiger partial charge in [0.15, 0.2) is 5.82 Å². The van der Waals surface area contributed by atoms with Gasteiger partial charge in [0.1, 0.15) is 5.02 Å². The van der Waals surface area contributed by atoms with Gasteiger partial charge in [-0.1, -0.05) is 11.6 Å². The van der Waals surface area contributed by atoms with Crippen LogP contribution in [0.25, 0.3) is 0 Å². The first-order valence-corrected chi connectivity index (χ1v) is 6.19. The van der Waals surface area contributed by atoms with Crippen molar-refractivity contribution in [1.29, 1.82) is 0 Å². The zero-order valence-electron chi connectivity index (χ0n) is 10.2. The Morgan fingerprint density at radius 2 is 2.29 bits per heavy atom. The van der Waals surface area contributed by atoms with E-state index in [9.17, 15) is 0 Å². The molecule has 5 nitrogen and oxygen atoms in total. The molecule has 0 bridgehead atoms. The second kappa shape index (κ2) is 7.29. The minimum atomic E-state index is 0.201. The van der Waals surface area contributed by atoms with Crippen LogP contribution in [-0.4, -0.2) is 34.3 Å². The van der Waals surface area contributed by atoms with Gasteiger partial charge in [0.05, 0.1) is 6.20 Å². The summed E-state index contributed by atoms with van der Waals surface area (Å²) in [5.74, 6) is 1.19. The Balaban J connectivity index is 2.64. The van der Waals surface area contributed by atoms with Crippen molar-refractivity contribution in [1.82, 2.24) is 9.97 Å². The van der Waals surface area contributed by atoms with Crippen molar-refractivity contribution in [2.75, 3.05) is 23.8 Å². The summed E-state index contributed by atoms with van der Waals surface area (Å²) in [7, 11) is 0. The maximum Gasteiger partial charge on any atom is 0.224 e. The predicted octanol–water partition coefficient (Wildman–Crippen LogP) is 2.13. The molecule has 0 aliphatic heterocycles. The van der Waals surface area contributed by atoms with E-state index >= 15 is 0 Å². The molecule has 1 unspecified atom stereocenters. The molecule has 1 heterocycles. The van der Waals surface area contributed by atoms with Gasteiger partial charge >= 0.3 is 0 Å². The van der Waals surface area contributed by atoms with E-state index in [4.69, 9.17) is 16.7 Å². The topological polar surface area (TPSA) is 70.1 Å². The van der Waals surface area contributed by atoms with Gasteiger partial charge < -0.3 is 15.7 Å². The second-order valence-electron chi connectivity index (χ2n) is 3.83. The molecule has 1 aromatic heterocycles. The lowest BCUT2D eigenvalue weighted by Crippen LogP contribution is -2.17. The summed E-state index contributed by atoms with van der Waals surface area (Å²) in [4.78, 5) is 8.35. The molecule has 0 aromatic carbocycles. The minimum Gasteiger partial charge on any atom is -0.396 e. The van der Waals surface area contributed by atoms with Crippen LogP contribution >= 0.6 is 11.6 Å². The fourth-order valence-electron chi connectivity index (χ4n) is 1.41. The molecule has 1 atom stereocenters. The Morgan fingerprint density at radius 1 is 1.53 bits per heavy atom. The first-order valence-electron chi connectivity index (χ1n) is 5.81. The van der Waals surface area contributed by atoms with Crippen LogP contribution in [0.5, 0.6) is 0 Å². The second-order valence-corrected chi connectivity index (χ2v) is 4.24. The van der Waals surface area contributed by atoms with E-state index < -0.39 is 0 Å². The van der Waals surface area contributed by atoms with Crippen LogP contribution < -0.4 is 10.6 Å². The van der Waals surface area contributed by atoms with E-state index in [2.05, 4.69) is 20.6 Å². The van der Waals surface area contributed by atoms with Gasteiger partial charge in [0, 0.05) is 19.2 Å². The Labute approximate surface area is 107 Å². The van der Waals surface area contributed by atoms with E-state index in [1.54, 1.807) is 6.20 Å². The van der Waals surface area contributed by atoms with Crippen molar-refractivity contribution in [2.24, 2.45) is 0 Å². The predicted molar refractivity (Wildman–Crippen MR) is 70.6 cm³/mol. The monoisotopic (exact) mass is 258 g/mol. The molecule has 1 rings (SSSR count). The van der Waals surface area contributed by atoms with Crippen LogP contribution in [0.3, 0.4) is 0 Å². The maximum absolute atomic E-state index is 8.76. The number of hydrogen-bond acceptors (Lipinski definition) is 5. The average Bonchev–Trinajstić information content (AvgIpc) is 2.31. The fraction of sp³-hybridized carbons (Fsp3) is 0.636. The van der Waals surface area contributed by atoms with Gasteiger partial charge in [-0.2, -0.15) is 4.98 Å². The Bertz CT molecular complexity index is 348. The minimum absolute atomic E-state index is 0.201. The number of aliphatic hydroxyl groups is 1. The molecule has 0 amide bonds. The quantitative estimate of drug-likeness (QED) is 0.699. The third-order valence-corrected chi connectivity index (χ3v) is 2.53. The first-order chi connectivity index (χ1) is 8.17. The summed E-state index contributed by atoms with van der Waals surface area (Å²) in [6.07, 6.45) is 3.21. The zero-order valence-corrected chi connectivity index (χ0v) is 11.0. The molecule has 0 fully saturated rings. The van der Waals surface area contributed by atoms with Gasteiger partial charge in [-0.15, -0.1) is 0 Å². The first kappa shape index (κ1) is 14.0. The van der Waals surface area contributed by atoms with Crippen molar-refractivity contribution < 1.29 is 5.11 Å². The SMILES string of the molecule is CCNc1ncc(Cl)c(NC(C)CCCO)n1. The van der Waals surface area contributed by atoms with E-state index in [1.807, 2.05) is 13.8 Å². The fourth-order valence-corrected chi connectivity index (χ4v) is 1.56. The number of rotatable bonds is 7. The maximum atomic E-state index is 8.76. The molecule has 1 aromatic rings. The van der Waals surface area contributed by atoms with Crippen LogP contribution in [0.4, 0.5) is 11.8 Å². The third kappa shape index (κ3) is 4.75. The van der Waals surface area contributed by atoms with E-state index in [0.717, 1.165) is 19.4 Å². The van der Waals surface area contributed by atoms with Crippen LogP contribution in [0.2, 0.25) is 5.02 Å². The number of aromatic nitrogens is 2. The van der Waals surface area contributed by atoms with E-state index in [1.165, 1.54) is 0 Å². The normalized spacial score (nSPS) is 12.2. The lowest BCUT2D eigenvalue weighted by molar-refractivity contribution is 0.282. The Hall–Kier alpha value is -1.07. The van der Waals surface area contributed by atoms with Crippen LogP contribution in [0.1, 0.15) is 26.7 Å². The Kier molecular flexibility index (Phi) is 6.00. The molecule has 17 heavy (non-hydrogen) atoms. The summed E-state index contributed by atoms with van der Waals surface area (Å²) in [5, 5.41) is 15.5. The number of nitrogens with one attached hydrogen (secondary N) is 2. The molecule has 6 heteroatoms. The number of nitrogens with zero attached hydrogens (tertiary/aromatic N) is 2. The summed E-state index contributed by atoms with van der Waals surface area (Å²) >= 11 is 6.01. The molecule has 0 spiro atoms. The van der Waals surface area contributed by atoms with Crippen molar-refractivity contribution in [3.63, 3.8) is 0 Å². The highest BCUT2D eigenvalue weighted by molar-refractivity contribution is 6.32. The number of aliphatic hydroxyl groups excluding tert-OH is 1. The lowest BCUT2D eigenvalue weighted by Gasteiger charge is -2.15. The number of hydrogen-bond donors (Lipinski definition) is 3. The largest absolute Gasteiger partial charge is 0.396 e. The van der Waals surface area contributed by atoms with E-state index in [-0.39, 0.29) is 12.6 Å². The molecule has 96 valence electrons. The van der Waals surface area contributed by atoms with Gasteiger partial charge in [-0.3, -0.25) is 0 Å². The summed E-state index contributed by atoms with van der Waals surface area (Å²) in [6, 6.07) is 0.212. The van der Waals surface area contributed by atoms with Gasteiger partial charge in [0.25, 0.3) is 0 Å². The van der Waals surface area contributed by atoms with Crippen LogP contribution in [0, 0.1) is 0 Å². The van der Waals surface area contributed by atoms with Crippen molar-refractivity contribution in [3.05, 3.63) is 11.2 Å². The number of halogens is 1. The molecule has 3 N–H and O–H groups in total. The van der Waals surface area contributed by atoms with Crippen LogP contribution in [0.15, 0.2) is 6.20 Å². The highest BCUT2D eigenvalue weighted by Crippen LogP contribution is 2.20. The molecular weight excluding hydrogens is 240 g/mol. The Morgan fingerprint density at radius 3 is 2.94 bits per heavy atom. The summed E-state index contributed by atoms with van der Waals surface area (Å²) in [5.41, 5.74) is 0. The molecule has 0 saturated heterocycles. The van der Waals surface area contributed by atoms with Gasteiger partial charge in [-0.05, 0) is 26.7 Å². The highest BCUT2D eigenvalue weighted by atomic mass is 35.5. The van der Waals surface area contributed by atoms with Gasteiger partial charge in [-0.25, -0.2) is 4.98 Å². The van der Waals surface area contributed by atoms with Crippen molar-refractivity contribution >= 4 is 23.4 Å². The van der Waals surface area contributed by atoms with E-state index in [0.29, 0.717) is 16.8 Å². The van der Waals surface area contributed by atoms with Gasteiger partial charge in [0.2, 0.25) is 5.95 Å². The average molecular weight is 259 g/mol. The van der Waals surface area contributed by atoms with Crippen molar-refractivity contribution in [3.8, 4) is 0 Å². The molecule has 0 saturated carbocycles. The number of anilines is 2. The lowest BCUT2D eigenvalue weighted by atomic mass is 10.2.